The number of para-hydroxylation sites is 1. The van der Waals surface area contributed by atoms with Crippen LogP contribution in [-0.4, -0.2) is 12.5 Å². The van der Waals surface area contributed by atoms with Crippen LogP contribution in [0.4, 0.5) is 11.4 Å². The van der Waals surface area contributed by atoms with Gasteiger partial charge < -0.3 is 10.6 Å². The summed E-state index contributed by atoms with van der Waals surface area (Å²) in [5, 5.41) is 6.33. The number of carbonyl (C=O) groups is 1. The number of benzene rings is 2. The minimum Gasteiger partial charge on any atom is -0.385 e. The molecule has 0 aliphatic carbocycles. The fourth-order valence-electron chi connectivity index (χ4n) is 2.52. The maximum atomic E-state index is 12.3. The molecule has 2 aromatic rings. The van der Waals surface area contributed by atoms with Gasteiger partial charge in [-0.05, 0) is 55.2 Å². The Balaban J connectivity index is 1.82. The quantitative estimate of drug-likeness (QED) is 0.872. The first-order valence-corrected chi connectivity index (χ1v) is 6.98. The molecule has 1 aliphatic rings. The van der Waals surface area contributed by atoms with Gasteiger partial charge in [0, 0.05) is 23.5 Å². The van der Waals surface area contributed by atoms with E-state index in [1.807, 2.05) is 49.4 Å². The van der Waals surface area contributed by atoms with Gasteiger partial charge in [0.1, 0.15) is 0 Å². The third-order valence-corrected chi connectivity index (χ3v) is 3.70. The summed E-state index contributed by atoms with van der Waals surface area (Å²) in [6.07, 6.45) is 2.16. The zero-order valence-electron chi connectivity index (χ0n) is 11.6. The molecule has 0 atom stereocenters. The van der Waals surface area contributed by atoms with E-state index in [9.17, 15) is 4.79 Å². The molecule has 0 radical (unpaired) electrons. The van der Waals surface area contributed by atoms with Crippen molar-refractivity contribution in [1.82, 2.24) is 0 Å². The van der Waals surface area contributed by atoms with E-state index in [-0.39, 0.29) is 5.91 Å². The van der Waals surface area contributed by atoms with E-state index in [1.165, 1.54) is 5.56 Å². The molecule has 0 saturated heterocycles. The van der Waals surface area contributed by atoms with Crippen LogP contribution in [0.3, 0.4) is 0 Å². The van der Waals surface area contributed by atoms with Gasteiger partial charge >= 0.3 is 0 Å². The van der Waals surface area contributed by atoms with Gasteiger partial charge in [0.15, 0.2) is 0 Å². The Bertz CT molecular complexity index is 649. The molecule has 3 rings (SSSR count). The van der Waals surface area contributed by atoms with Gasteiger partial charge in [-0.1, -0.05) is 18.2 Å². The summed E-state index contributed by atoms with van der Waals surface area (Å²) in [5.74, 6) is -0.0485. The lowest BCUT2D eigenvalue weighted by molar-refractivity contribution is 0.102. The van der Waals surface area contributed by atoms with Crippen molar-refractivity contribution in [2.45, 2.75) is 19.8 Å². The second-order valence-electron chi connectivity index (χ2n) is 5.17. The fraction of sp³-hybridized carbons (Fsp3) is 0.235. The van der Waals surface area contributed by atoms with E-state index in [1.54, 1.807) is 0 Å². The molecule has 2 N–H and O–H groups in total. The second kappa shape index (κ2) is 5.37. The van der Waals surface area contributed by atoms with Crippen LogP contribution in [-0.2, 0) is 6.42 Å². The van der Waals surface area contributed by atoms with Gasteiger partial charge in [0.25, 0.3) is 5.91 Å². The third kappa shape index (κ3) is 2.52. The minimum atomic E-state index is -0.0485. The highest BCUT2D eigenvalue weighted by molar-refractivity contribution is 6.05. The standard InChI is InChI=1S/C17H18N2O/c1-12-5-2-3-7-15(12)19-17(20)14-8-9-16-13(11-14)6-4-10-18-16/h2-3,5,7-9,11,18H,4,6,10H2,1H3,(H,19,20). The molecule has 1 heterocycles. The zero-order valence-corrected chi connectivity index (χ0v) is 11.6. The predicted octanol–water partition coefficient (Wildman–Crippen LogP) is 3.61. The lowest BCUT2D eigenvalue weighted by Gasteiger charge is -2.18. The average Bonchev–Trinajstić information content (AvgIpc) is 2.49. The molecule has 0 unspecified atom stereocenters. The Kier molecular flexibility index (Phi) is 3.42. The highest BCUT2D eigenvalue weighted by atomic mass is 16.1. The highest BCUT2D eigenvalue weighted by Crippen LogP contribution is 2.23. The molecular formula is C17H18N2O. The number of hydrogen-bond acceptors (Lipinski definition) is 2. The van der Waals surface area contributed by atoms with Crippen LogP contribution in [0, 0.1) is 6.92 Å². The summed E-state index contributed by atoms with van der Waals surface area (Å²) in [6, 6.07) is 13.7. The van der Waals surface area contributed by atoms with Gasteiger partial charge in [-0.25, -0.2) is 0 Å². The van der Waals surface area contributed by atoms with Gasteiger partial charge in [-0.3, -0.25) is 4.79 Å². The maximum Gasteiger partial charge on any atom is 0.255 e. The molecule has 0 fully saturated rings. The Labute approximate surface area is 119 Å². The van der Waals surface area contributed by atoms with Crippen LogP contribution in [0.5, 0.6) is 0 Å². The summed E-state index contributed by atoms with van der Waals surface area (Å²) in [6.45, 7) is 3.01. The number of carbonyl (C=O) groups excluding carboxylic acids is 1. The zero-order chi connectivity index (χ0) is 13.9. The summed E-state index contributed by atoms with van der Waals surface area (Å²) in [5.41, 5.74) is 5.04. The van der Waals surface area contributed by atoms with Crippen LogP contribution >= 0.6 is 0 Å². The van der Waals surface area contributed by atoms with Crippen molar-refractivity contribution in [1.29, 1.82) is 0 Å². The summed E-state index contributed by atoms with van der Waals surface area (Å²) < 4.78 is 0. The van der Waals surface area contributed by atoms with E-state index in [0.717, 1.165) is 41.9 Å². The van der Waals surface area contributed by atoms with Crippen molar-refractivity contribution in [3.8, 4) is 0 Å². The van der Waals surface area contributed by atoms with Gasteiger partial charge in [-0.2, -0.15) is 0 Å². The van der Waals surface area contributed by atoms with Crippen LogP contribution in [0.25, 0.3) is 0 Å². The molecule has 3 heteroatoms. The topological polar surface area (TPSA) is 41.1 Å². The van der Waals surface area contributed by atoms with Crippen LogP contribution < -0.4 is 10.6 Å². The van der Waals surface area contributed by atoms with Crippen molar-refractivity contribution in [2.75, 3.05) is 17.2 Å². The van der Waals surface area contributed by atoms with Crippen molar-refractivity contribution >= 4 is 17.3 Å². The first-order valence-electron chi connectivity index (χ1n) is 6.98. The lowest BCUT2D eigenvalue weighted by Crippen LogP contribution is -2.16. The summed E-state index contributed by atoms with van der Waals surface area (Å²) in [4.78, 5) is 12.3. The molecule has 2 aromatic carbocycles. The molecular weight excluding hydrogens is 248 g/mol. The number of hydrogen-bond donors (Lipinski definition) is 2. The van der Waals surface area contributed by atoms with E-state index in [0.29, 0.717) is 0 Å². The monoisotopic (exact) mass is 266 g/mol. The highest BCUT2D eigenvalue weighted by Gasteiger charge is 2.13. The Morgan fingerprint density at radius 1 is 1.20 bits per heavy atom. The average molecular weight is 266 g/mol. The molecule has 102 valence electrons. The van der Waals surface area contributed by atoms with E-state index in [4.69, 9.17) is 0 Å². The van der Waals surface area contributed by atoms with E-state index in [2.05, 4.69) is 10.6 Å². The van der Waals surface area contributed by atoms with Crippen molar-refractivity contribution in [3.63, 3.8) is 0 Å². The van der Waals surface area contributed by atoms with Gasteiger partial charge in [-0.15, -0.1) is 0 Å². The van der Waals surface area contributed by atoms with Crippen molar-refractivity contribution in [3.05, 3.63) is 59.2 Å². The largest absolute Gasteiger partial charge is 0.385 e. The smallest absolute Gasteiger partial charge is 0.255 e. The second-order valence-corrected chi connectivity index (χ2v) is 5.17. The van der Waals surface area contributed by atoms with Crippen LogP contribution in [0.2, 0.25) is 0 Å². The van der Waals surface area contributed by atoms with E-state index < -0.39 is 0 Å². The van der Waals surface area contributed by atoms with Crippen LogP contribution in [0.1, 0.15) is 27.9 Å². The van der Waals surface area contributed by atoms with Crippen molar-refractivity contribution < 1.29 is 4.79 Å². The molecule has 20 heavy (non-hydrogen) atoms. The molecule has 3 nitrogen and oxygen atoms in total. The number of fused-ring (bicyclic) bond motifs is 1. The molecule has 0 spiro atoms. The maximum absolute atomic E-state index is 12.3. The normalized spacial score (nSPS) is 13.2. The van der Waals surface area contributed by atoms with Crippen LogP contribution in [0.15, 0.2) is 42.5 Å². The van der Waals surface area contributed by atoms with Crippen molar-refractivity contribution in [2.24, 2.45) is 0 Å². The van der Waals surface area contributed by atoms with Gasteiger partial charge in [0.2, 0.25) is 0 Å². The molecule has 0 saturated carbocycles. The molecule has 0 aromatic heterocycles. The number of rotatable bonds is 2. The third-order valence-electron chi connectivity index (χ3n) is 3.70. The Morgan fingerprint density at radius 3 is 2.90 bits per heavy atom. The first kappa shape index (κ1) is 12.7. The number of anilines is 2. The summed E-state index contributed by atoms with van der Waals surface area (Å²) in [7, 11) is 0. The molecule has 1 aliphatic heterocycles. The Morgan fingerprint density at radius 2 is 2.05 bits per heavy atom. The lowest BCUT2D eigenvalue weighted by atomic mass is 10.0. The number of amides is 1. The SMILES string of the molecule is Cc1ccccc1NC(=O)c1ccc2c(c1)CCCN2. The number of aryl methyl sites for hydroxylation is 2. The predicted molar refractivity (Wildman–Crippen MR) is 82.4 cm³/mol. The van der Waals surface area contributed by atoms with Gasteiger partial charge in [0.05, 0.1) is 0 Å². The molecule has 0 bridgehead atoms. The number of nitrogens with one attached hydrogen (secondary N) is 2. The minimum absolute atomic E-state index is 0.0485. The fourth-order valence-corrected chi connectivity index (χ4v) is 2.52. The van der Waals surface area contributed by atoms with E-state index >= 15 is 0 Å². The first-order chi connectivity index (χ1) is 9.74. The Hall–Kier alpha value is -2.29. The summed E-state index contributed by atoms with van der Waals surface area (Å²) >= 11 is 0. The molecule has 1 amide bonds.